The van der Waals surface area contributed by atoms with Gasteiger partial charge in [-0.3, -0.25) is 0 Å². The number of benzene rings is 2. The van der Waals surface area contributed by atoms with Crippen LogP contribution in [0.3, 0.4) is 0 Å². The molecule has 2 nitrogen and oxygen atoms in total. The lowest BCUT2D eigenvalue weighted by atomic mass is 9.78. The summed E-state index contributed by atoms with van der Waals surface area (Å²) in [5.74, 6) is 1.57. The van der Waals surface area contributed by atoms with Crippen LogP contribution < -0.4 is 10.1 Å². The van der Waals surface area contributed by atoms with Gasteiger partial charge >= 0.3 is 0 Å². The molecule has 3 atom stereocenters. The number of hydrogen-bond donors (Lipinski definition) is 1. The predicted molar refractivity (Wildman–Crippen MR) is 102 cm³/mol. The third-order valence-electron chi connectivity index (χ3n) is 4.65. The van der Waals surface area contributed by atoms with E-state index in [9.17, 15) is 0 Å². The monoisotopic (exact) mass is 383 g/mol. The number of halogens is 3. The maximum Gasteiger partial charge on any atom is 0.121 e. The number of piperidine rings is 1. The molecule has 1 aliphatic heterocycles. The second kappa shape index (κ2) is 7.97. The number of nitrogens with one attached hydrogen (secondary N) is 1. The molecule has 1 fully saturated rings. The summed E-state index contributed by atoms with van der Waals surface area (Å²) in [6.07, 6.45) is 1.14. The number of hydrogen-bond acceptors (Lipinski definition) is 2. The first-order valence-corrected chi connectivity index (χ1v) is 9.26. The summed E-state index contributed by atoms with van der Waals surface area (Å²) < 4.78 is 6.17. The van der Waals surface area contributed by atoms with Crippen molar-refractivity contribution in [1.82, 2.24) is 5.32 Å². The van der Waals surface area contributed by atoms with E-state index in [4.69, 9.17) is 39.5 Å². The molecule has 1 saturated heterocycles. The molecule has 5 heteroatoms. The second-order valence-corrected chi connectivity index (χ2v) is 7.46. The highest BCUT2D eigenvalue weighted by atomic mass is 35.5. The minimum atomic E-state index is 0.0741. The normalized spacial score (nSPS) is 22.2. The van der Waals surface area contributed by atoms with Crippen molar-refractivity contribution in [3.05, 3.63) is 63.1 Å². The Labute approximate surface area is 158 Å². The minimum absolute atomic E-state index is 0.0741. The Morgan fingerprint density at radius 1 is 1.04 bits per heavy atom. The van der Waals surface area contributed by atoms with Gasteiger partial charge in [0.15, 0.2) is 0 Å². The van der Waals surface area contributed by atoms with Crippen LogP contribution in [0.4, 0.5) is 0 Å². The molecule has 1 heterocycles. The van der Waals surface area contributed by atoms with Crippen molar-refractivity contribution in [3.8, 4) is 5.75 Å². The standard InChI is InChI=1S/C19H20Cl3NO/c1-12(24-15-6-7-18(21)19(22)10-15)16-8-9-23-11-17(16)13-2-4-14(20)5-3-13/h2-7,10,12,16-17,23H,8-9,11H2,1H3/t12-,16+,17+/m0/s1. The molecule has 0 aliphatic carbocycles. The lowest BCUT2D eigenvalue weighted by molar-refractivity contribution is 0.112. The van der Waals surface area contributed by atoms with Gasteiger partial charge in [-0.2, -0.15) is 0 Å². The van der Waals surface area contributed by atoms with Gasteiger partial charge in [0.25, 0.3) is 0 Å². The van der Waals surface area contributed by atoms with Gasteiger partial charge in [0, 0.05) is 29.5 Å². The zero-order chi connectivity index (χ0) is 17.1. The summed E-state index contributed by atoms with van der Waals surface area (Å²) in [5.41, 5.74) is 1.29. The lowest BCUT2D eigenvalue weighted by Gasteiger charge is -2.36. The molecular formula is C19H20Cl3NO. The van der Waals surface area contributed by atoms with E-state index in [1.807, 2.05) is 18.2 Å². The van der Waals surface area contributed by atoms with Crippen molar-refractivity contribution in [1.29, 1.82) is 0 Å². The summed E-state index contributed by atoms with van der Waals surface area (Å²) in [7, 11) is 0. The molecule has 24 heavy (non-hydrogen) atoms. The molecule has 0 spiro atoms. The van der Waals surface area contributed by atoms with Gasteiger partial charge in [0.1, 0.15) is 5.75 Å². The fourth-order valence-corrected chi connectivity index (χ4v) is 3.78. The first kappa shape index (κ1) is 17.9. The average Bonchev–Trinajstić information content (AvgIpc) is 2.59. The van der Waals surface area contributed by atoms with E-state index < -0.39 is 0 Å². The molecule has 0 saturated carbocycles. The second-order valence-electron chi connectivity index (χ2n) is 6.21. The molecule has 3 rings (SSSR count). The van der Waals surface area contributed by atoms with Crippen molar-refractivity contribution < 1.29 is 4.74 Å². The maximum absolute atomic E-state index is 6.17. The number of ether oxygens (including phenoxy) is 1. The Kier molecular flexibility index (Phi) is 5.93. The molecule has 2 aromatic rings. The summed E-state index contributed by atoms with van der Waals surface area (Å²) in [6.45, 7) is 4.08. The first-order chi connectivity index (χ1) is 11.5. The van der Waals surface area contributed by atoms with Crippen LogP contribution in [0.1, 0.15) is 24.8 Å². The van der Waals surface area contributed by atoms with Gasteiger partial charge in [-0.1, -0.05) is 46.9 Å². The lowest BCUT2D eigenvalue weighted by Crippen LogP contribution is -2.41. The zero-order valence-electron chi connectivity index (χ0n) is 13.4. The Morgan fingerprint density at radius 2 is 1.79 bits per heavy atom. The third-order valence-corrected chi connectivity index (χ3v) is 5.64. The van der Waals surface area contributed by atoms with Crippen LogP contribution in [-0.4, -0.2) is 19.2 Å². The Morgan fingerprint density at radius 3 is 2.50 bits per heavy atom. The van der Waals surface area contributed by atoms with Crippen molar-refractivity contribution in [3.63, 3.8) is 0 Å². The van der Waals surface area contributed by atoms with E-state index in [-0.39, 0.29) is 6.10 Å². The van der Waals surface area contributed by atoms with Gasteiger partial charge < -0.3 is 10.1 Å². The van der Waals surface area contributed by atoms with E-state index in [2.05, 4.69) is 24.4 Å². The van der Waals surface area contributed by atoms with Crippen LogP contribution >= 0.6 is 34.8 Å². The molecule has 128 valence electrons. The Hall–Kier alpha value is -0.930. The van der Waals surface area contributed by atoms with E-state index in [1.165, 1.54) is 5.56 Å². The molecule has 0 aromatic heterocycles. The summed E-state index contributed by atoms with van der Waals surface area (Å²) >= 11 is 18.1. The topological polar surface area (TPSA) is 21.3 Å². The Balaban J connectivity index is 1.76. The fourth-order valence-electron chi connectivity index (χ4n) is 3.37. The fraction of sp³-hybridized carbons (Fsp3) is 0.368. The van der Waals surface area contributed by atoms with E-state index in [1.54, 1.807) is 12.1 Å². The first-order valence-electron chi connectivity index (χ1n) is 8.12. The van der Waals surface area contributed by atoms with Crippen molar-refractivity contribution in [2.45, 2.75) is 25.4 Å². The summed E-state index contributed by atoms with van der Waals surface area (Å²) in [4.78, 5) is 0. The van der Waals surface area contributed by atoms with Gasteiger partial charge in [0.2, 0.25) is 0 Å². The molecule has 1 aliphatic rings. The largest absolute Gasteiger partial charge is 0.490 e. The van der Waals surface area contributed by atoms with Crippen molar-refractivity contribution in [2.24, 2.45) is 5.92 Å². The van der Waals surface area contributed by atoms with Crippen LogP contribution in [0, 0.1) is 5.92 Å². The number of rotatable bonds is 4. The van der Waals surface area contributed by atoms with Crippen LogP contribution in [-0.2, 0) is 0 Å². The zero-order valence-corrected chi connectivity index (χ0v) is 15.7. The highest BCUT2D eigenvalue weighted by Gasteiger charge is 2.31. The van der Waals surface area contributed by atoms with Crippen molar-refractivity contribution in [2.75, 3.05) is 13.1 Å². The molecule has 0 unspecified atom stereocenters. The molecule has 2 aromatic carbocycles. The molecule has 0 radical (unpaired) electrons. The minimum Gasteiger partial charge on any atom is -0.490 e. The van der Waals surface area contributed by atoms with Crippen LogP contribution in [0.2, 0.25) is 15.1 Å². The van der Waals surface area contributed by atoms with E-state index in [0.29, 0.717) is 21.9 Å². The smallest absolute Gasteiger partial charge is 0.121 e. The summed E-state index contributed by atoms with van der Waals surface area (Å²) in [5, 5.41) is 5.30. The van der Waals surface area contributed by atoms with Crippen LogP contribution in [0.5, 0.6) is 5.75 Å². The molecule has 1 N–H and O–H groups in total. The highest BCUT2D eigenvalue weighted by molar-refractivity contribution is 6.42. The predicted octanol–water partition coefficient (Wildman–Crippen LogP) is 5.81. The summed E-state index contributed by atoms with van der Waals surface area (Å²) in [6, 6.07) is 13.5. The van der Waals surface area contributed by atoms with Gasteiger partial charge in [0.05, 0.1) is 16.1 Å². The molecule has 0 amide bonds. The van der Waals surface area contributed by atoms with Crippen LogP contribution in [0.15, 0.2) is 42.5 Å². The maximum atomic E-state index is 6.17. The molecule has 0 bridgehead atoms. The third kappa shape index (κ3) is 4.18. The van der Waals surface area contributed by atoms with E-state index >= 15 is 0 Å². The Bertz CT molecular complexity index is 690. The van der Waals surface area contributed by atoms with Crippen LogP contribution in [0.25, 0.3) is 0 Å². The van der Waals surface area contributed by atoms with E-state index in [0.717, 1.165) is 30.3 Å². The van der Waals surface area contributed by atoms with Gasteiger partial charge in [-0.25, -0.2) is 0 Å². The SMILES string of the molecule is C[C@H](Oc1ccc(Cl)c(Cl)c1)[C@H]1CCNC[C@@H]1c1ccc(Cl)cc1. The van der Waals surface area contributed by atoms with Crippen molar-refractivity contribution >= 4 is 34.8 Å². The highest BCUT2D eigenvalue weighted by Crippen LogP contribution is 2.35. The quantitative estimate of drug-likeness (QED) is 0.718. The van der Waals surface area contributed by atoms with Gasteiger partial charge in [-0.15, -0.1) is 0 Å². The molecular weight excluding hydrogens is 365 g/mol. The average molecular weight is 385 g/mol. The van der Waals surface area contributed by atoms with Gasteiger partial charge in [-0.05, 0) is 49.7 Å².